The fraction of sp³-hybridized carbons (Fsp3) is 0.792. The van der Waals surface area contributed by atoms with Crippen molar-refractivity contribution in [2.45, 2.75) is 83.3 Å². The average Bonchev–Trinajstić information content (AvgIpc) is 3.31. The van der Waals surface area contributed by atoms with Gasteiger partial charge in [-0.05, 0) is 92.6 Å². The first-order valence-electron chi connectivity index (χ1n) is 11.1. The number of fused-ring (bicyclic) bond motifs is 2. The Morgan fingerprint density at radius 1 is 1.26 bits per heavy atom. The van der Waals surface area contributed by atoms with Gasteiger partial charge in [0.1, 0.15) is 5.60 Å². The van der Waals surface area contributed by atoms with Crippen LogP contribution in [-0.2, 0) is 4.79 Å². The Hall–Kier alpha value is -0.930. The maximum atomic E-state index is 12.9. The number of rotatable bonds is 2. The minimum atomic E-state index is -1.21. The lowest BCUT2D eigenvalue weighted by molar-refractivity contribution is -0.140. The highest BCUT2D eigenvalue weighted by molar-refractivity contribution is 5.91. The van der Waals surface area contributed by atoms with E-state index in [1.165, 1.54) is 49.7 Å². The largest absolute Gasteiger partial charge is 0.378 e. The normalized spacial score (nSPS) is 53.6. The molecule has 0 radical (unpaired) electrons. The van der Waals surface area contributed by atoms with Crippen LogP contribution in [0.15, 0.2) is 23.8 Å². The fourth-order valence-electron chi connectivity index (χ4n) is 8.49. The zero-order valence-electron chi connectivity index (χ0n) is 17.2. The molecule has 0 amide bonds. The first-order chi connectivity index (χ1) is 12.8. The molecule has 0 aromatic carbocycles. The molecule has 0 aromatic heterocycles. The van der Waals surface area contributed by atoms with E-state index in [-0.39, 0.29) is 11.2 Å². The molecule has 2 N–H and O–H groups in total. The third kappa shape index (κ3) is 1.98. The van der Waals surface area contributed by atoms with Crippen LogP contribution in [0.2, 0.25) is 0 Å². The Balaban J connectivity index is 1.52. The number of hydrogen-bond acceptors (Lipinski definition) is 3. The zero-order chi connectivity index (χ0) is 19.2. The van der Waals surface area contributed by atoms with Crippen LogP contribution >= 0.6 is 0 Å². The van der Waals surface area contributed by atoms with Gasteiger partial charge in [-0.2, -0.15) is 0 Å². The highest BCUT2D eigenvalue weighted by Gasteiger charge is 2.78. The number of carbonyl (C=O) groups is 1. The summed E-state index contributed by atoms with van der Waals surface area (Å²) in [5, 5.41) is 14.3. The van der Waals surface area contributed by atoms with E-state index in [4.69, 9.17) is 0 Å². The Morgan fingerprint density at radius 2 is 2.04 bits per heavy atom. The van der Waals surface area contributed by atoms with E-state index < -0.39 is 5.60 Å². The Bertz CT molecular complexity index is 755. The quantitative estimate of drug-likeness (QED) is 0.718. The van der Waals surface area contributed by atoms with Crippen molar-refractivity contribution in [3.8, 4) is 0 Å². The van der Waals surface area contributed by atoms with Gasteiger partial charge in [-0.3, -0.25) is 4.79 Å². The van der Waals surface area contributed by atoms with E-state index in [0.717, 1.165) is 6.42 Å². The molecule has 3 nitrogen and oxygen atoms in total. The number of ketones is 1. The van der Waals surface area contributed by atoms with Crippen molar-refractivity contribution >= 4 is 5.78 Å². The van der Waals surface area contributed by atoms with Crippen LogP contribution in [0.1, 0.15) is 71.6 Å². The number of nitrogens with one attached hydrogen (secondary N) is 1. The third-order valence-electron chi connectivity index (χ3n) is 10.0. The van der Waals surface area contributed by atoms with Gasteiger partial charge in [-0.1, -0.05) is 31.6 Å². The summed E-state index contributed by atoms with van der Waals surface area (Å²) < 4.78 is 0. The predicted octanol–water partition coefficient (Wildman–Crippen LogP) is 4.17. The third-order valence-corrected chi connectivity index (χ3v) is 10.0. The molecule has 148 valence electrons. The van der Waals surface area contributed by atoms with Crippen molar-refractivity contribution in [3.63, 3.8) is 0 Å². The minimum Gasteiger partial charge on any atom is -0.378 e. The van der Waals surface area contributed by atoms with Crippen molar-refractivity contribution in [1.29, 1.82) is 0 Å². The van der Waals surface area contributed by atoms with Gasteiger partial charge in [0.2, 0.25) is 0 Å². The molecule has 3 heteroatoms. The van der Waals surface area contributed by atoms with E-state index in [9.17, 15) is 9.90 Å². The number of likely N-dealkylation sites (N-methyl/N-ethyl adjacent to an activating group) is 1. The summed E-state index contributed by atoms with van der Waals surface area (Å²) in [4.78, 5) is 12.9. The average molecular weight is 370 g/mol. The summed E-state index contributed by atoms with van der Waals surface area (Å²) in [6.45, 7) is 8.81. The van der Waals surface area contributed by atoms with Gasteiger partial charge in [0.15, 0.2) is 5.78 Å². The van der Waals surface area contributed by atoms with Crippen molar-refractivity contribution in [2.24, 2.45) is 28.1 Å². The highest BCUT2D eigenvalue weighted by atomic mass is 16.3. The molecule has 0 unspecified atom stereocenters. The maximum Gasteiger partial charge on any atom is 0.169 e. The van der Waals surface area contributed by atoms with E-state index in [1.54, 1.807) is 0 Å². The lowest BCUT2D eigenvalue weighted by atomic mass is 9.46. The first kappa shape index (κ1) is 18.1. The van der Waals surface area contributed by atoms with Crippen LogP contribution in [0.5, 0.6) is 0 Å². The number of aliphatic hydroxyl groups is 1. The minimum absolute atomic E-state index is 0.0353. The smallest absolute Gasteiger partial charge is 0.169 e. The molecular weight excluding hydrogens is 334 g/mol. The number of Topliss-reactive ketones (excluding diaryl/α,β-unsaturated/α-hetero) is 1. The molecule has 2 spiro atoms. The zero-order valence-corrected chi connectivity index (χ0v) is 17.2. The number of allylic oxidation sites excluding steroid dienone is 1. The molecule has 0 heterocycles. The van der Waals surface area contributed by atoms with Gasteiger partial charge in [0, 0.05) is 12.5 Å². The van der Waals surface area contributed by atoms with E-state index in [2.05, 4.69) is 25.9 Å². The molecule has 0 bridgehead atoms. The molecule has 5 aliphatic carbocycles. The van der Waals surface area contributed by atoms with E-state index in [0.29, 0.717) is 41.5 Å². The van der Waals surface area contributed by atoms with Crippen molar-refractivity contribution < 1.29 is 9.90 Å². The molecule has 0 aromatic rings. The molecule has 7 atom stereocenters. The summed E-state index contributed by atoms with van der Waals surface area (Å²) in [7, 11) is 2.07. The van der Waals surface area contributed by atoms with Crippen LogP contribution in [0, 0.1) is 28.1 Å². The molecule has 27 heavy (non-hydrogen) atoms. The van der Waals surface area contributed by atoms with Crippen molar-refractivity contribution in [1.82, 2.24) is 5.32 Å². The van der Waals surface area contributed by atoms with Crippen molar-refractivity contribution in [2.75, 3.05) is 7.05 Å². The molecule has 5 aliphatic rings. The second kappa shape index (κ2) is 5.36. The predicted molar refractivity (Wildman–Crippen MR) is 107 cm³/mol. The van der Waals surface area contributed by atoms with Crippen LogP contribution in [-0.4, -0.2) is 29.6 Å². The van der Waals surface area contributed by atoms with Gasteiger partial charge >= 0.3 is 0 Å². The summed E-state index contributed by atoms with van der Waals surface area (Å²) in [5.41, 5.74) is 2.46. The van der Waals surface area contributed by atoms with E-state index in [1.807, 2.05) is 13.0 Å². The second-order valence-electron chi connectivity index (χ2n) is 10.6. The van der Waals surface area contributed by atoms with Crippen LogP contribution in [0.3, 0.4) is 0 Å². The maximum absolute atomic E-state index is 12.9. The van der Waals surface area contributed by atoms with Crippen molar-refractivity contribution in [3.05, 3.63) is 23.8 Å². The highest BCUT2D eigenvalue weighted by Crippen LogP contribution is 2.85. The Kier molecular flexibility index (Phi) is 3.60. The second-order valence-corrected chi connectivity index (χ2v) is 10.6. The topological polar surface area (TPSA) is 49.3 Å². The Labute approximate surface area is 163 Å². The SMILES string of the molecule is C=C1[C@@H](NC)CC[C@@]23C[C@]24CCC2=C[C@](O)(CC)C(=O)C[C@@]2(C)[C@@H]4CC[C@@H]13. The molecule has 0 saturated heterocycles. The number of carbonyl (C=O) groups excluding carboxylic acids is 1. The summed E-state index contributed by atoms with van der Waals surface area (Å²) in [5.74, 6) is 1.32. The van der Waals surface area contributed by atoms with Crippen LogP contribution < -0.4 is 5.32 Å². The lowest BCUT2D eigenvalue weighted by Gasteiger charge is -2.58. The van der Waals surface area contributed by atoms with Crippen LogP contribution in [0.4, 0.5) is 0 Å². The standard InChI is InChI=1S/C24H35NO2/c1-5-24(27)12-16-8-10-23-14-22(23)11-9-18(25-4)15(2)17(22)6-7-19(23)21(16,3)13-20(24)26/h12,17-19,25,27H,2,5-11,13-14H2,1,3-4H3/t17-,18-,19-,21+,22-,23-,24+/m0/s1. The van der Waals surface area contributed by atoms with E-state index >= 15 is 0 Å². The fourth-order valence-corrected chi connectivity index (χ4v) is 8.49. The van der Waals surface area contributed by atoms with Gasteiger partial charge < -0.3 is 10.4 Å². The molecular formula is C24H35NO2. The van der Waals surface area contributed by atoms with Gasteiger partial charge in [-0.25, -0.2) is 0 Å². The van der Waals surface area contributed by atoms with Gasteiger partial charge in [0.25, 0.3) is 0 Å². The molecule has 5 rings (SSSR count). The molecule has 4 fully saturated rings. The first-order valence-corrected chi connectivity index (χ1v) is 11.1. The van der Waals surface area contributed by atoms with Gasteiger partial charge in [-0.15, -0.1) is 0 Å². The monoisotopic (exact) mass is 369 g/mol. The lowest BCUT2D eigenvalue weighted by Crippen LogP contribution is -2.54. The summed E-state index contributed by atoms with van der Waals surface area (Å²) >= 11 is 0. The summed E-state index contributed by atoms with van der Waals surface area (Å²) in [6, 6.07) is 0.486. The van der Waals surface area contributed by atoms with Gasteiger partial charge in [0.05, 0.1) is 0 Å². The molecule has 0 aliphatic heterocycles. The van der Waals surface area contributed by atoms with Crippen LogP contribution in [0.25, 0.3) is 0 Å². The Morgan fingerprint density at radius 3 is 2.74 bits per heavy atom. The number of hydrogen-bond donors (Lipinski definition) is 2. The molecule has 4 saturated carbocycles. The summed E-state index contributed by atoms with van der Waals surface area (Å²) in [6.07, 6.45) is 11.7.